The van der Waals surface area contributed by atoms with E-state index in [9.17, 15) is 4.79 Å². The molecular formula is C13H14Br2ClNO. The molecule has 0 spiro atoms. The van der Waals surface area contributed by atoms with Gasteiger partial charge in [-0.3, -0.25) is 4.79 Å². The smallest absolute Gasteiger partial charge is 0.254 e. The van der Waals surface area contributed by atoms with Crippen molar-refractivity contribution >= 4 is 49.4 Å². The van der Waals surface area contributed by atoms with Crippen LogP contribution in [0.5, 0.6) is 0 Å². The van der Waals surface area contributed by atoms with Crippen LogP contribution in [0.4, 0.5) is 0 Å². The normalized spacial score (nSPS) is 22.4. The minimum Gasteiger partial charge on any atom is -0.341 e. The van der Waals surface area contributed by atoms with Crippen LogP contribution < -0.4 is 0 Å². The maximum absolute atomic E-state index is 12.3. The van der Waals surface area contributed by atoms with Gasteiger partial charge in [-0.15, -0.1) is 0 Å². The van der Waals surface area contributed by atoms with Crippen LogP contribution in [-0.2, 0) is 0 Å². The van der Waals surface area contributed by atoms with Gasteiger partial charge >= 0.3 is 0 Å². The number of hydrogen-bond donors (Lipinski definition) is 0. The molecule has 0 atom stereocenters. The number of nitrogens with zero attached hydrogens (tertiary/aromatic N) is 1. The minimum absolute atomic E-state index is 0.0385. The number of alkyl halides is 1. The van der Waals surface area contributed by atoms with Crippen molar-refractivity contribution in [1.82, 2.24) is 4.90 Å². The van der Waals surface area contributed by atoms with Crippen LogP contribution >= 0.6 is 43.5 Å². The van der Waals surface area contributed by atoms with Gasteiger partial charge in [0.15, 0.2) is 0 Å². The highest BCUT2D eigenvalue weighted by Crippen LogP contribution is 2.34. The third kappa shape index (κ3) is 3.28. The van der Waals surface area contributed by atoms with Gasteiger partial charge in [0.05, 0.1) is 5.56 Å². The summed E-state index contributed by atoms with van der Waals surface area (Å²) >= 11 is 12.8. The van der Waals surface area contributed by atoms with Crippen LogP contribution in [0.3, 0.4) is 0 Å². The van der Waals surface area contributed by atoms with Crippen molar-refractivity contribution in [2.45, 2.75) is 17.7 Å². The Hall–Kier alpha value is -0.0600. The Labute approximate surface area is 129 Å². The van der Waals surface area contributed by atoms with Crippen LogP contribution in [0, 0.1) is 5.92 Å². The Morgan fingerprint density at radius 2 is 2.17 bits per heavy atom. The number of hydrogen-bond acceptors (Lipinski definition) is 1. The van der Waals surface area contributed by atoms with Crippen molar-refractivity contribution < 1.29 is 4.79 Å². The van der Waals surface area contributed by atoms with Gasteiger partial charge in [0.2, 0.25) is 0 Å². The molecule has 18 heavy (non-hydrogen) atoms. The van der Waals surface area contributed by atoms with E-state index >= 15 is 0 Å². The number of halogens is 3. The summed E-state index contributed by atoms with van der Waals surface area (Å²) in [5.74, 6) is 0.658. The molecule has 1 amide bonds. The molecule has 1 saturated carbocycles. The zero-order valence-electron chi connectivity index (χ0n) is 10.00. The number of carbonyl (C=O) groups is 1. The minimum atomic E-state index is 0.0385. The molecule has 1 aromatic rings. The molecule has 0 aliphatic heterocycles. The topological polar surface area (TPSA) is 20.3 Å². The van der Waals surface area contributed by atoms with Crippen LogP contribution in [0.25, 0.3) is 0 Å². The van der Waals surface area contributed by atoms with Gasteiger partial charge in [-0.2, -0.15) is 0 Å². The molecule has 98 valence electrons. The summed E-state index contributed by atoms with van der Waals surface area (Å²) in [6.45, 7) is 0.815. The molecule has 0 heterocycles. The molecule has 1 fully saturated rings. The van der Waals surface area contributed by atoms with Crippen LogP contribution in [0.2, 0.25) is 5.02 Å². The molecule has 2 rings (SSSR count). The highest BCUT2D eigenvalue weighted by Gasteiger charge is 2.29. The molecule has 0 saturated heterocycles. The SMILES string of the molecule is CN(CC1CC(Br)C1)C(=O)c1ccc(Cl)cc1Br. The maximum atomic E-state index is 12.3. The highest BCUT2D eigenvalue weighted by molar-refractivity contribution is 9.10. The fourth-order valence-electron chi connectivity index (χ4n) is 2.14. The molecule has 1 aromatic carbocycles. The predicted octanol–water partition coefficient (Wildman–Crippen LogP) is 4.35. The summed E-state index contributed by atoms with van der Waals surface area (Å²) in [6, 6.07) is 5.26. The average Bonchev–Trinajstić information content (AvgIpc) is 2.26. The Morgan fingerprint density at radius 3 is 2.72 bits per heavy atom. The molecular weight excluding hydrogens is 381 g/mol. The van der Waals surface area contributed by atoms with Crippen molar-refractivity contribution in [3.05, 3.63) is 33.3 Å². The van der Waals surface area contributed by atoms with Gasteiger partial charge in [-0.25, -0.2) is 0 Å². The van der Waals surface area contributed by atoms with Gasteiger partial charge in [0.25, 0.3) is 5.91 Å². The van der Waals surface area contributed by atoms with Crippen molar-refractivity contribution in [2.75, 3.05) is 13.6 Å². The molecule has 0 unspecified atom stereocenters. The van der Waals surface area contributed by atoms with Crippen molar-refractivity contribution in [3.8, 4) is 0 Å². The summed E-state index contributed by atoms with van der Waals surface area (Å²) in [6.07, 6.45) is 2.30. The van der Waals surface area contributed by atoms with E-state index in [0.29, 0.717) is 21.3 Å². The number of benzene rings is 1. The summed E-state index contributed by atoms with van der Waals surface area (Å²) < 4.78 is 0.749. The second kappa shape index (κ2) is 5.93. The van der Waals surface area contributed by atoms with E-state index in [4.69, 9.17) is 11.6 Å². The van der Waals surface area contributed by atoms with Gasteiger partial charge in [0, 0.05) is 27.9 Å². The summed E-state index contributed by atoms with van der Waals surface area (Å²) in [5.41, 5.74) is 0.664. The Kier molecular flexibility index (Phi) is 4.73. The maximum Gasteiger partial charge on any atom is 0.254 e. The van der Waals surface area contributed by atoms with E-state index in [1.165, 1.54) is 0 Å². The first-order valence-electron chi connectivity index (χ1n) is 5.82. The second-order valence-electron chi connectivity index (χ2n) is 4.74. The first-order chi connectivity index (χ1) is 8.47. The lowest BCUT2D eigenvalue weighted by Crippen LogP contribution is -2.37. The predicted molar refractivity (Wildman–Crippen MR) is 81.6 cm³/mol. The standard InChI is InChI=1S/C13H14Br2ClNO/c1-17(7-8-4-9(14)5-8)13(18)11-3-2-10(16)6-12(11)15/h2-3,6,8-9H,4-5,7H2,1H3. The summed E-state index contributed by atoms with van der Waals surface area (Å²) in [7, 11) is 1.85. The number of carbonyl (C=O) groups excluding carboxylic acids is 1. The third-order valence-electron chi connectivity index (χ3n) is 3.22. The van der Waals surface area contributed by atoms with Crippen LogP contribution in [0.1, 0.15) is 23.2 Å². The van der Waals surface area contributed by atoms with E-state index < -0.39 is 0 Å². The molecule has 0 N–H and O–H groups in total. The largest absolute Gasteiger partial charge is 0.341 e. The van der Waals surface area contributed by atoms with Gasteiger partial charge in [-0.1, -0.05) is 27.5 Å². The van der Waals surface area contributed by atoms with Gasteiger partial charge in [0.1, 0.15) is 0 Å². The molecule has 0 radical (unpaired) electrons. The summed E-state index contributed by atoms with van der Waals surface area (Å²) in [5, 5.41) is 0.627. The van der Waals surface area contributed by atoms with Crippen LogP contribution in [-0.4, -0.2) is 29.2 Å². The van der Waals surface area contributed by atoms with Crippen molar-refractivity contribution in [3.63, 3.8) is 0 Å². The zero-order valence-corrected chi connectivity index (χ0v) is 13.9. The lowest BCUT2D eigenvalue weighted by atomic mass is 9.85. The number of amides is 1. The highest BCUT2D eigenvalue weighted by atomic mass is 79.9. The van der Waals surface area contributed by atoms with Crippen molar-refractivity contribution in [1.29, 1.82) is 0 Å². The van der Waals surface area contributed by atoms with Gasteiger partial charge < -0.3 is 4.90 Å². The second-order valence-corrected chi connectivity index (χ2v) is 7.33. The van der Waals surface area contributed by atoms with E-state index in [0.717, 1.165) is 23.9 Å². The summed E-state index contributed by atoms with van der Waals surface area (Å²) in [4.78, 5) is 14.7. The van der Waals surface area contributed by atoms with E-state index in [1.807, 2.05) is 7.05 Å². The Balaban J connectivity index is 2.01. The molecule has 1 aliphatic rings. The first-order valence-corrected chi connectivity index (χ1v) is 7.90. The Bertz CT molecular complexity index is 460. The zero-order chi connectivity index (χ0) is 13.3. The number of rotatable bonds is 3. The fraction of sp³-hybridized carbons (Fsp3) is 0.462. The quantitative estimate of drug-likeness (QED) is 0.697. The average molecular weight is 396 g/mol. The third-order valence-corrected chi connectivity index (χ3v) is 4.86. The lowest BCUT2D eigenvalue weighted by molar-refractivity contribution is 0.0748. The van der Waals surface area contributed by atoms with E-state index in [-0.39, 0.29) is 5.91 Å². The van der Waals surface area contributed by atoms with E-state index in [1.54, 1.807) is 23.1 Å². The molecule has 5 heteroatoms. The molecule has 0 bridgehead atoms. The van der Waals surface area contributed by atoms with E-state index in [2.05, 4.69) is 31.9 Å². The van der Waals surface area contributed by atoms with Gasteiger partial charge in [-0.05, 0) is 52.9 Å². The van der Waals surface area contributed by atoms with Crippen molar-refractivity contribution in [2.24, 2.45) is 5.92 Å². The molecule has 2 nitrogen and oxygen atoms in total. The monoisotopic (exact) mass is 393 g/mol. The van der Waals surface area contributed by atoms with Crippen LogP contribution in [0.15, 0.2) is 22.7 Å². The fourth-order valence-corrected chi connectivity index (χ4v) is 4.05. The lowest BCUT2D eigenvalue weighted by Gasteiger charge is -2.34. The first kappa shape index (κ1) is 14.4. The Morgan fingerprint density at radius 1 is 1.50 bits per heavy atom. The molecule has 0 aromatic heterocycles. The molecule has 1 aliphatic carbocycles.